The van der Waals surface area contributed by atoms with Crippen molar-refractivity contribution in [3.8, 4) is 11.5 Å². The summed E-state index contributed by atoms with van der Waals surface area (Å²) in [5.74, 6) is -0.604. The number of amides is 1. The van der Waals surface area contributed by atoms with E-state index in [2.05, 4.69) is 10.3 Å². The molecule has 1 saturated heterocycles. The lowest BCUT2D eigenvalue weighted by Crippen LogP contribution is -2.19. The molecular formula is C24H19FN4O4. The second-order valence-corrected chi connectivity index (χ2v) is 7.82. The molecule has 0 saturated carbocycles. The SMILES string of the molecule is O=C(Nc1ccc2oc(-c3cccc(F)c3)nc2c1)c1ccc(N2CCCC2)c([N+](=O)[O-])c1. The number of nitrogens with zero attached hydrogens (tertiary/aromatic N) is 3. The Labute approximate surface area is 187 Å². The number of hydrogen-bond donors (Lipinski definition) is 1. The number of rotatable bonds is 5. The number of nitrogens with one attached hydrogen (secondary N) is 1. The van der Waals surface area contributed by atoms with Crippen molar-refractivity contribution in [3.05, 3.63) is 82.2 Å². The molecule has 4 aromatic rings. The zero-order chi connectivity index (χ0) is 22.9. The highest BCUT2D eigenvalue weighted by molar-refractivity contribution is 6.05. The molecule has 3 aromatic carbocycles. The van der Waals surface area contributed by atoms with E-state index in [0.29, 0.717) is 28.0 Å². The van der Waals surface area contributed by atoms with Gasteiger partial charge in [-0.15, -0.1) is 0 Å². The van der Waals surface area contributed by atoms with E-state index < -0.39 is 16.6 Å². The fraction of sp³-hybridized carbons (Fsp3) is 0.167. The zero-order valence-corrected chi connectivity index (χ0v) is 17.5. The summed E-state index contributed by atoms with van der Waals surface area (Å²) in [6.07, 6.45) is 1.98. The Bertz CT molecular complexity index is 1380. The van der Waals surface area contributed by atoms with Gasteiger partial charge in [0.15, 0.2) is 5.58 Å². The van der Waals surface area contributed by atoms with Crippen LogP contribution < -0.4 is 10.2 Å². The van der Waals surface area contributed by atoms with Crippen molar-refractivity contribution in [1.82, 2.24) is 4.98 Å². The number of oxazole rings is 1. The van der Waals surface area contributed by atoms with Gasteiger partial charge in [-0.3, -0.25) is 14.9 Å². The maximum atomic E-state index is 13.5. The molecule has 9 heteroatoms. The van der Waals surface area contributed by atoms with Crippen LogP contribution in [0.15, 0.2) is 65.1 Å². The van der Waals surface area contributed by atoms with Crippen molar-refractivity contribution in [2.45, 2.75) is 12.8 Å². The second kappa shape index (κ2) is 8.34. The van der Waals surface area contributed by atoms with Crippen molar-refractivity contribution >= 4 is 34.1 Å². The van der Waals surface area contributed by atoms with Gasteiger partial charge >= 0.3 is 0 Å². The molecule has 1 N–H and O–H groups in total. The van der Waals surface area contributed by atoms with E-state index >= 15 is 0 Å². The first-order valence-corrected chi connectivity index (χ1v) is 10.5. The van der Waals surface area contributed by atoms with Crippen LogP contribution in [0, 0.1) is 15.9 Å². The second-order valence-electron chi connectivity index (χ2n) is 7.82. The number of carbonyl (C=O) groups excluding carboxylic acids is 1. The van der Waals surface area contributed by atoms with Gasteiger partial charge in [0.1, 0.15) is 17.0 Å². The molecule has 5 rings (SSSR count). The molecule has 1 amide bonds. The lowest BCUT2D eigenvalue weighted by Gasteiger charge is -2.17. The molecule has 0 atom stereocenters. The lowest BCUT2D eigenvalue weighted by molar-refractivity contribution is -0.384. The van der Waals surface area contributed by atoms with Crippen LogP contribution in [0.5, 0.6) is 0 Å². The molecular weight excluding hydrogens is 427 g/mol. The number of carbonyl (C=O) groups is 1. The summed E-state index contributed by atoms with van der Waals surface area (Å²) in [4.78, 5) is 30.3. The Kier molecular flexibility index (Phi) is 5.21. The number of halogens is 1. The summed E-state index contributed by atoms with van der Waals surface area (Å²) in [6.45, 7) is 1.53. The fourth-order valence-corrected chi connectivity index (χ4v) is 3.99. The predicted molar refractivity (Wildman–Crippen MR) is 122 cm³/mol. The number of fused-ring (bicyclic) bond motifs is 1. The molecule has 0 bridgehead atoms. The van der Waals surface area contributed by atoms with Crippen LogP contribution in [0.25, 0.3) is 22.6 Å². The number of hydrogen-bond acceptors (Lipinski definition) is 6. The number of nitro benzene ring substituents is 1. The molecule has 33 heavy (non-hydrogen) atoms. The Morgan fingerprint density at radius 1 is 1.09 bits per heavy atom. The van der Waals surface area contributed by atoms with Crippen LogP contribution >= 0.6 is 0 Å². The molecule has 0 spiro atoms. The van der Waals surface area contributed by atoms with E-state index in [9.17, 15) is 19.3 Å². The predicted octanol–water partition coefficient (Wildman–Crippen LogP) is 5.39. The Hall–Kier alpha value is -4.27. The zero-order valence-electron chi connectivity index (χ0n) is 17.5. The monoisotopic (exact) mass is 446 g/mol. The van der Waals surface area contributed by atoms with Gasteiger partial charge in [-0.25, -0.2) is 9.37 Å². The van der Waals surface area contributed by atoms with Crippen molar-refractivity contribution in [1.29, 1.82) is 0 Å². The molecule has 1 aromatic heterocycles. The summed E-state index contributed by atoms with van der Waals surface area (Å²) in [5.41, 5.74) is 2.56. The van der Waals surface area contributed by atoms with Crippen LogP contribution in [0.3, 0.4) is 0 Å². The number of aromatic nitrogens is 1. The number of benzene rings is 3. The van der Waals surface area contributed by atoms with E-state index in [-0.39, 0.29) is 17.1 Å². The van der Waals surface area contributed by atoms with E-state index in [1.54, 1.807) is 42.5 Å². The average molecular weight is 446 g/mol. The van der Waals surface area contributed by atoms with Crippen molar-refractivity contribution < 1.29 is 18.5 Å². The van der Waals surface area contributed by atoms with E-state index in [1.807, 2.05) is 4.90 Å². The third-order valence-corrected chi connectivity index (χ3v) is 5.60. The maximum absolute atomic E-state index is 13.5. The molecule has 8 nitrogen and oxygen atoms in total. The van der Waals surface area contributed by atoms with Crippen LogP contribution in [0.4, 0.5) is 21.5 Å². The number of anilines is 2. The fourth-order valence-electron chi connectivity index (χ4n) is 3.99. The van der Waals surface area contributed by atoms with Crippen LogP contribution in [0.2, 0.25) is 0 Å². The molecule has 0 aliphatic carbocycles. The molecule has 1 fully saturated rings. The molecule has 2 heterocycles. The summed E-state index contributed by atoms with van der Waals surface area (Å²) in [5, 5.41) is 14.4. The van der Waals surface area contributed by atoms with Crippen molar-refractivity contribution in [2.75, 3.05) is 23.3 Å². The summed E-state index contributed by atoms with van der Waals surface area (Å²) >= 11 is 0. The normalized spacial score (nSPS) is 13.4. The highest BCUT2D eigenvalue weighted by Gasteiger charge is 2.24. The van der Waals surface area contributed by atoms with Gasteiger partial charge in [0, 0.05) is 36.0 Å². The van der Waals surface area contributed by atoms with Gasteiger partial charge < -0.3 is 14.6 Å². The van der Waals surface area contributed by atoms with Gasteiger partial charge in [0.2, 0.25) is 5.89 Å². The molecule has 1 aliphatic rings. The minimum atomic E-state index is -0.473. The quantitative estimate of drug-likeness (QED) is 0.326. The van der Waals surface area contributed by atoms with Crippen LogP contribution in [-0.4, -0.2) is 28.9 Å². The summed E-state index contributed by atoms with van der Waals surface area (Å²) < 4.78 is 19.2. The topological polar surface area (TPSA) is 102 Å². The Morgan fingerprint density at radius 3 is 2.67 bits per heavy atom. The summed E-state index contributed by atoms with van der Waals surface area (Å²) in [6, 6.07) is 15.4. The van der Waals surface area contributed by atoms with E-state index in [0.717, 1.165) is 25.9 Å². The Morgan fingerprint density at radius 2 is 1.91 bits per heavy atom. The summed E-state index contributed by atoms with van der Waals surface area (Å²) in [7, 11) is 0. The maximum Gasteiger partial charge on any atom is 0.293 e. The smallest absolute Gasteiger partial charge is 0.293 e. The first-order valence-electron chi connectivity index (χ1n) is 10.5. The van der Waals surface area contributed by atoms with Crippen LogP contribution in [0.1, 0.15) is 23.2 Å². The molecule has 0 radical (unpaired) electrons. The van der Waals surface area contributed by atoms with Gasteiger partial charge in [-0.2, -0.15) is 0 Å². The average Bonchev–Trinajstić information content (AvgIpc) is 3.48. The van der Waals surface area contributed by atoms with E-state index in [4.69, 9.17) is 4.42 Å². The Balaban J connectivity index is 1.39. The largest absolute Gasteiger partial charge is 0.436 e. The highest BCUT2D eigenvalue weighted by Crippen LogP contribution is 2.32. The highest BCUT2D eigenvalue weighted by atomic mass is 19.1. The van der Waals surface area contributed by atoms with Gasteiger partial charge in [0.05, 0.1) is 4.92 Å². The first-order chi connectivity index (χ1) is 16.0. The molecule has 166 valence electrons. The minimum Gasteiger partial charge on any atom is -0.436 e. The minimum absolute atomic E-state index is 0.0868. The van der Waals surface area contributed by atoms with Gasteiger partial charge in [0.25, 0.3) is 11.6 Å². The van der Waals surface area contributed by atoms with Gasteiger partial charge in [-0.05, 0) is 61.4 Å². The van der Waals surface area contributed by atoms with Crippen molar-refractivity contribution in [3.63, 3.8) is 0 Å². The van der Waals surface area contributed by atoms with Crippen molar-refractivity contribution in [2.24, 2.45) is 0 Å². The molecule has 0 unspecified atom stereocenters. The van der Waals surface area contributed by atoms with E-state index in [1.165, 1.54) is 18.2 Å². The third kappa shape index (κ3) is 4.12. The third-order valence-electron chi connectivity index (χ3n) is 5.60. The number of nitro groups is 1. The standard InChI is InChI=1S/C24H19FN4O4/c25-17-5-3-4-16(12-17)24-27-19-14-18(7-9-22(19)33-24)26-23(30)15-6-8-20(21(13-15)29(31)32)28-10-1-2-11-28/h3-9,12-14H,1-2,10-11H2,(H,26,30). The van der Waals surface area contributed by atoms with Crippen LogP contribution in [-0.2, 0) is 0 Å². The first kappa shape index (κ1) is 20.6. The van der Waals surface area contributed by atoms with Gasteiger partial charge in [-0.1, -0.05) is 6.07 Å². The lowest BCUT2D eigenvalue weighted by atomic mass is 10.1. The molecule has 1 aliphatic heterocycles.